The van der Waals surface area contributed by atoms with E-state index >= 15 is 0 Å². The summed E-state index contributed by atoms with van der Waals surface area (Å²) in [4.78, 5) is 3.18. The van der Waals surface area contributed by atoms with Crippen molar-refractivity contribution in [1.82, 2.24) is 10.2 Å². The van der Waals surface area contributed by atoms with Crippen LogP contribution in [0.1, 0.15) is 55.6 Å². The largest absolute Gasteiger partial charge is 0.497 e. The minimum Gasteiger partial charge on any atom is -0.497 e. The van der Waals surface area contributed by atoms with Crippen molar-refractivity contribution in [2.75, 3.05) is 59.7 Å². The highest BCUT2D eigenvalue weighted by molar-refractivity contribution is 9.08. The molecule has 0 unspecified atom stereocenters. The predicted octanol–water partition coefficient (Wildman–Crippen LogP) is 14.8. The fourth-order valence-electron chi connectivity index (χ4n) is 9.81. The third kappa shape index (κ3) is 15.4. The lowest BCUT2D eigenvalue weighted by atomic mass is 9.94. The molecule has 0 spiro atoms. The van der Waals surface area contributed by atoms with E-state index in [0.29, 0.717) is 28.3 Å². The molecular formula is C68H74BrN2O10S2+. The second kappa shape index (κ2) is 28.1. The Labute approximate surface area is 499 Å². The van der Waals surface area contributed by atoms with E-state index in [9.17, 15) is 16.8 Å². The van der Waals surface area contributed by atoms with Crippen LogP contribution in [0.3, 0.4) is 0 Å². The number of carbonyl (C=O) groups excluding carboxylic acids is 1. The second-order valence-electron chi connectivity index (χ2n) is 20.9. The Kier molecular flexibility index (Phi) is 21.0. The Morgan fingerprint density at radius 2 is 0.843 bits per heavy atom. The number of nitrogens with zero attached hydrogens (tertiary/aromatic N) is 1. The van der Waals surface area contributed by atoms with Crippen LogP contribution in [0.5, 0.6) is 34.5 Å². The second-order valence-corrected chi connectivity index (χ2v) is 25.3. The first-order valence-corrected chi connectivity index (χ1v) is 31.7. The maximum absolute atomic E-state index is 13.2. The molecule has 2 fully saturated rings. The van der Waals surface area contributed by atoms with E-state index < -0.39 is 19.7 Å². The maximum atomic E-state index is 13.2. The third-order valence-corrected chi connectivity index (χ3v) is 19.3. The first-order valence-electron chi connectivity index (χ1n) is 27.6. The summed E-state index contributed by atoms with van der Waals surface area (Å²) in [5, 5.41) is 3.79. The number of nitrogens with one attached hydrogen (secondary N) is 1. The van der Waals surface area contributed by atoms with Crippen molar-refractivity contribution in [3.8, 4) is 56.8 Å². The minimum atomic E-state index is -3.67. The van der Waals surface area contributed by atoms with Crippen molar-refractivity contribution >= 4 is 42.4 Å². The van der Waals surface area contributed by atoms with Crippen molar-refractivity contribution in [3.05, 3.63) is 201 Å². The van der Waals surface area contributed by atoms with Crippen LogP contribution in [0.25, 0.3) is 22.3 Å². The standard InChI is InChI=1S/C34H37NO5S.C30H28BrO4S.C4H9NO/c1-23-18-27(19-24(2)26(23)4)28-20-25(3)34(29(21-28)22-35-14-16-39-17-15-35)40-31-8-12-33(13-9-31)41(36,37)32-10-6-30(38-5)7-11-32;1-19-14-23(15-20(2)22(19)4)24-16-21(3)30(25(17-24)18-31)35-27-8-12-29(13-9-27)36(32,33)28-10-6-26(34-5)7-11-28;1-3-6-4-2-5-1/h6-13,18-21H,14-17,22H2,1-5H3;6-17H,5,18H2,1-4H3;5H,1-4H2/q;+1;. The average Bonchev–Trinajstić information content (AvgIpc) is 3.52. The molecule has 8 aromatic rings. The molecule has 10 rings (SSSR count). The van der Waals surface area contributed by atoms with Gasteiger partial charge in [-0.15, -0.1) is 0 Å². The van der Waals surface area contributed by atoms with E-state index in [1.165, 1.54) is 56.6 Å². The zero-order valence-electron chi connectivity index (χ0n) is 48.9. The van der Waals surface area contributed by atoms with E-state index in [0.717, 1.165) is 104 Å². The molecule has 0 aliphatic carbocycles. The number of ether oxygens (including phenoxy) is 5. The number of aryl methyl sites for hydroxylation is 6. The summed E-state index contributed by atoms with van der Waals surface area (Å²) in [6, 6.07) is 43.3. The van der Waals surface area contributed by atoms with E-state index in [1.54, 1.807) is 92.0 Å². The van der Waals surface area contributed by atoms with Crippen molar-refractivity contribution in [2.45, 2.75) is 86.8 Å². The Balaban J connectivity index is 0.000000198. The van der Waals surface area contributed by atoms with Crippen LogP contribution in [0.15, 0.2) is 165 Å². The molecule has 83 heavy (non-hydrogen) atoms. The van der Waals surface area contributed by atoms with E-state index in [2.05, 4.69) is 130 Å². The number of alkyl halides is 1. The lowest BCUT2D eigenvalue weighted by molar-refractivity contribution is -0.354. The first-order chi connectivity index (χ1) is 39.8. The molecule has 0 saturated carbocycles. The molecule has 434 valence electrons. The molecule has 1 N–H and O–H groups in total. The lowest BCUT2D eigenvalue weighted by Gasteiger charge is -2.28. The lowest BCUT2D eigenvalue weighted by Crippen LogP contribution is -2.35. The van der Waals surface area contributed by atoms with Gasteiger partial charge in [0.1, 0.15) is 28.7 Å². The van der Waals surface area contributed by atoms with Crippen molar-refractivity contribution < 1.29 is 44.9 Å². The molecule has 15 heteroatoms. The van der Waals surface area contributed by atoms with Gasteiger partial charge in [0.2, 0.25) is 19.7 Å². The van der Waals surface area contributed by atoms with Gasteiger partial charge in [-0.05, 0) is 231 Å². The summed E-state index contributed by atoms with van der Waals surface area (Å²) in [5.74, 6) is 3.81. The van der Waals surface area contributed by atoms with Crippen LogP contribution < -0.4 is 19.5 Å². The first kappa shape index (κ1) is 62.1. The Bertz CT molecular complexity index is 3730. The van der Waals surface area contributed by atoms with E-state index in [4.69, 9.17) is 28.1 Å². The Hall–Kier alpha value is -6.95. The normalized spacial score (nSPS) is 13.7. The highest BCUT2D eigenvalue weighted by Crippen LogP contribution is 2.39. The average molecular weight is 1220 g/mol. The van der Waals surface area contributed by atoms with Crippen LogP contribution >= 0.6 is 15.9 Å². The molecule has 0 atom stereocenters. The zero-order valence-corrected chi connectivity index (χ0v) is 52.1. The smallest absolute Gasteiger partial charge is 0.351 e. The van der Waals surface area contributed by atoms with Gasteiger partial charge in [0, 0.05) is 61.3 Å². The maximum Gasteiger partial charge on any atom is 0.351 e. The van der Waals surface area contributed by atoms with Crippen LogP contribution in [-0.4, -0.2) is 88.2 Å². The van der Waals surface area contributed by atoms with Crippen molar-refractivity contribution in [3.63, 3.8) is 0 Å². The fraction of sp³-hybridized carbons (Fsp3) is 0.279. The van der Waals surface area contributed by atoms with Gasteiger partial charge in [-0.1, -0.05) is 40.2 Å². The van der Waals surface area contributed by atoms with Gasteiger partial charge in [-0.25, -0.2) is 21.3 Å². The Morgan fingerprint density at radius 1 is 0.494 bits per heavy atom. The number of morpholine rings is 2. The van der Waals surface area contributed by atoms with Crippen LogP contribution in [0, 0.1) is 55.4 Å². The van der Waals surface area contributed by atoms with Gasteiger partial charge in [0.15, 0.2) is 0 Å². The number of hydrogen-bond donors (Lipinski definition) is 1. The van der Waals surface area contributed by atoms with Crippen molar-refractivity contribution in [2.24, 2.45) is 0 Å². The van der Waals surface area contributed by atoms with Crippen molar-refractivity contribution in [1.29, 1.82) is 0 Å². The number of rotatable bonds is 15. The summed E-state index contributed by atoms with van der Waals surface area (Å²) in [6.45, 7) is 28.0. The van der Waals surface area contributed by atoms with Crippen LogP contribution in [-0.2, 0) is 45.4 Å². The Morgan fingerprint density at radius 3 is 1.20 bits per heavy atom. The molecule has 2 heterocycles. The van der Waals surface area contributed by atoms with Gasteiger partial charge in [-0.3, -0.25) is 4.90 Å². The summed E-state index contributed by atoms with van der Waals surface area (Å²) in [6.07, 6.45) is 0. The summed E-state index contributed by atoms with van der Waals surface area (Å²) >= 11 is 3.60. The molecule has 2 aliphatic heterocycles. The molecule has 2 aliphatic rings. The predicted molar refractivity (Wildman–Crippen MR) is 334 cm³/mol. The third-order valence-electron chi connectivity index (χ3n) is 15.1. The number of hydrogen-bond acceptors (Lipinski definition) is 11. The molecule has 0 radical (unpaired) electrons. The zero-order chi connectivity index (χ0) is 59.4. The topological polar surface area (TPSA) is 141 Å². The highest BCUT2D eigenvalue weighted by Gasteiger charge is 2.23. The molecule has 2 saturated heterocycles. The van der Waals surface area contributed by atoms with Gasteiger partial charge in [0.05, 0.1) is 53.1 Å². The van der Waals surface area contributed by atoms with Gasteiger partial charge in [-0.2, -0.15) is 0 Å². The highest BCUT2D eigenvalue weighted by atomic mass is 79.9. The molecule has 8 aromatic carbocycles. The molecule has 0 aromatic heterocycles. The number of sulfone groups is 2. The quantitative estimate of drug-likeness (QED) is 0.0774. The number of benzene rings is 8. The minimum absolute atomic E-state index is 0.187. The summed E-state index contributed by atoms with van der Waals surface area (Å²) < 4.78 is 85.7. The molecule has 0 amide bonds. The van der Waals surface area contributed by atoms with Crippen LogP contribution in [0.2, 0.25) is 0 Å². The fourth-order valence-corrected chi connectivity index (χ4v) is 12.7. The van der Waals surface area contributed by atoms with Gasteiger partial charge >= 0.3 is 5.75 Å². The van der Waals surface area contributed by atoms with Gasteiger partial charge < -0.3 is 29.0 Å². The van der Waals surface area contributed by atoms with Gasteiger partial charge in [0.25, 0.3) is 6.79 Å². The SMILES string of the molecule is C1COCCN1.C=[O+]c1ccc(S(=O)(=O)c2ccc(Oc3c(C)cc(-c4cc(C)c(C)c(C)c4)cc3CBr)cc2)cc1.COc1ccc(S(=O)(=O)c2ccc(Oc3c(C)cc(-c4cc(C)c(C)c(C)c4)cc3CN3CCOCC3)cc2)cc1. The monoisotopic (exact) mass is 1220 g/mol. The molecule has 0 bridgehead atoms. The van der Waals surface area contributed by atoms with E-state index in [1.807, 2.05) is 6.92 Å². The summed E-state index contributed by atoms with van der Waals surface area (Å²) in [7, 11) is -5.78. The molecular weight excluding hydrogens is 1150 g/mol. The number of methoxy groups -OCH3 is 1. The summed E-state index contributed by atoms with van der Waals surface area (Å²) in [5.41, 5.74) is 16.5. The van der Waals surface area contributed by atoms with E-state index in [-0.39, 0.29) is 19.6 Å². The number of halogens is 1. The molecule has 12 nitrogen and oxygen atoms in total. The van der Waals surface area contributed by atoms with Crippen LogP contribution in [0.4, 0.5) is 0 Å².